The molecule has 104 valence electrons. The Labute approximate surface area is 130 Å². The Bertz CT molecular complexity index is 662. The number of hydrogen-bond donors (Lipinski definition) is 2. The van der Waals surface area contributed by atoms with Gasteiger partial charge in [-0.05, 0) is 30.3 Å². The van der Waals surface area contributed by atoms with Crippen molar-refractivity contribution in [1.82, 2.24) is 0 Å². The van der Waals surface area contributed by atoms with Crippen molar-refractivity contribution in [3.8, 4) is 5.75 Å². The maximum atomic E-state index is 12.2. The smallest absolute Gasteiger partial charge is 0.257 e. The number of carbonyl (C=O) groups excluding carboxylic acids is 1. The van der Waals surface area contributed by atoms with E-state index in [1.54, 1.807) is 36.4 Å². The molecule has 0 atom stereocenters. The summed E-state index contributed by atoms with van der Waals surface area (Å²) in [5, 5.41) is 3.17. The molecule has 0 spiro atoms. The molecule has 0 radical (unpaired) electrons. The topological polar surface area (TPSA) is 64.3 Å². The van der Waals surface area contributed by atoms with Crippen LogP contribution in [0.4, 0.5) is 11.4 Å². The van der Waals surface area contributed by atoms with Crippen molar-refractivity contribution in [3.05, 3.63) is 51.5 Å². The second kappa shape index (κ2) is 6.15. The van der Waals surface area contributed by atoms with Crippen LogP contribution in [0, 0.1) is 0 Å². The van der Waals surface area contributed by atoms with Gasteiger partial charge in [0.05, 0.1) is 29.1 Å². The molecule has 20 heavy (non-hydrogen) atoms. The van der Waals surface area contributed by atoms with Gasteiger partial charge in [-0.1, -0.05) is 33.6 Å². The first kappa shape index (κ1) is 14.7. The standard InChI is InChI=1S/C14H12BrClN2O2/c1-20-12-4-2-3-9(13(12)17)14(19)18-11-7-8(15)5-6-10(11)16/h2-7H,17H2,1H3,(H,18,19). The number of hydrogen-bond acceptors (Lipinski definition) is 3. The molecular formula is C14H12BrClN2O2. The monoisotopic (exact) mass is 354 g/mol. The molecule has 6 heteroatoms. The zero-order chi connectivity index (χ0) is 14.7. The summed E-state index contributed by atoms with van der Waals surface area (Å²) in [5.41, 5.74) is 7.02. The van der Waals surface area contributed by atoms with E-state index in [1.807, 2.05) is 0 Å². The van der Waals surface area contributed by atoms with Crippen LogP contribution in [-0.4, -0.2) is 13.0 Å². The molecule has 0 fully saturated rings. The summed E-state index contributed by atoms with van der Waals surface area (Å²) in [6, 6.07) is 10.2. The molecule has 0 heterocycles. The lowest BCUT2D eigenvalue weighted by molar-refractivity contribution is 0.102. The number of ether oxygens (including phenoxy) is 1. The SMILES string of the molecule is COc1cccc(C(=O)Nc2cc(Br)ccc2Cl)c1N. The van der Waals surface area contributed by atoms with Crippen LogP contribution in [0.5, 0.6) is 5.75 Å². The minimum absolute atomic E-state index is 0.290. The van der Waals surface area contributed by atoms with Gasteiger partial charge >= 0.3 is 0 Å². The van der Waals surface area contributed by atoms with Crippen LogP contribution >= 0.6 is 27.5 Å². The average Bonchev–Trinajstić information content (AvgIpc) is 2.43. The van der Waals surface area contributed by atoms with Crippen molar-refractivity contribution in [2.24, 2.45) is 0 Å². The number of carbonyl (C=O) groups is 1. The summed E-state index contributed by atoms with van der Waals surface area (Å²) in [7, 11) is 1.50. The molecule has 2 rings (SSSR count). The first-order valence-corrected chi connectivity index (χ1v) is 6.89. The number of anilines is 2. The van der Waals surface area contributed by atoms with Gasteiger partial charge in [-0.25, -0.2) is 0 Å². The van der Waals surface area contributed by atoms with Gasteiger partial charge in [-0.2, -0.15) is 0 Å². The molecule has 0 unspecified atom stereocenters. The first-order chi connectivity index (χ1) is 9.52. The van der Waals surface area contributed by atoms with Gasteiger partial charge in [-0.15, -0.1) is 0 Å². The van der Waals surface area contributed by atoms with E-state index in [-0.39, 0.29) is 5.91 Å². The highest BCUT2D eigenvalue weighted by Crippen LogP contribution is 2.28. The number of halogens is 2. The van der Waals surface area contributed by atoms with E-state index in [2.05, 4.69) is 21.2 Å². The van der Waals surface area contributed by atoms with Crippen molar-refractivity contribution in [3.63, 3.8) is 0 Å². The number of amides is 1. The number of benzene rings is 2. The van der Waals surface area contributed by atoms with E-state index >= 15 is 0 Å². The zero-order valence-electron chi connectivity index (χ0n) is 10.6. The normalized spacial score (nSPS) is 10.2. The van der Waals surface area contributed by atoms with E-state index in [4.69, 9.17) is 22.1 Å². The van der Waals surface area contributed by atoms with Crippen molar-refractivity contribution in [2.75, 3.05) is 18.2 Å². The number of nitrogens with one attached hydrogen (secondary N) is 1. The van der Waals surface area contributed by atoms with Crippen molar-refractivity contribution >= 4 is 44.8 Å². The molecule has 0 aliphatic rings. The molecule has 3 N–H and O–H groups in total. The van der Waals surface area contributed by atoms with E-state index in [1.165, 1.54) is 7.11 Å². The van der Waals surface area contributed by atoms with E-state index in [0.29, 0.717) is 27.7 Å². The Balaban J connectivity index is 2.31. The van der Waals surface area contributed by atoms with E-state index in [0.717, 1.165) is 4.47 Å². The number of methoxy groups -OCH3 is 1. The minimum atomic E-state index is -0.346. The quantitative estimate of drug-likeness (QED) is 0.820. The van der Waals surface area contributed by atoms with Crippen LogP contribution < -0.4 is 15.8 Å². The van der Waals surface area contributed by atoms with Crippen LogP contribution in [0.2, 0.25) is 5.02 Å². The zero-order valence-corrected chi connectivity index (χ0v) is 13.0. The van der Waals surface area contributed by atoms with Gasteiger partial charge < -0.3 is 15.8 Å². The molecule has 0 saturated heterocycles. The Morgan fingerprint density at radius 2 is 2.10 bits per heavy atom. The second-order valence-corrected chi connectivity index (χ2v) is 5.32. The van der Waals surface area contributed by atoms with Crippen LogP contribution in [0.1, 0.15) is 10.4 Å². The summed E-state index contributed by atoms with van der Waals surface area (Å²) >= 11 is 9.36. The lowest BCUT2D eigenvalue weighted by atomic mass is 10.1. The van der Waals surface area contributed by atoms with Crippen molar-refractivity contribution in [2.45, 2.75) is 0 Å². The molecular weight excluding hydrogens is 344 g/mol. The molecule has 0 aliphatic carbocycles. The number of para-hydroxylation sites is 1. The predicted molar refractivity (Wildman–Crippen MR) is 84.5 cm³/mol. The molecule has 0 aliphatic heterocycles. The lowest BCUT2D eigenvalue weighted by Gasteiger charge is -2.11. The summed E-state index contributed by atoms with van der Waals surface area (Å²) in [5.74, 6) is 0.111. The highest BCUT2D eigenvalue weighted by Gasteiger charge is 2.14. The number of nitrogen functional groups attached to an aromatic ring is 1. The van der Waals surface area contributed by atoms with Crippen molar-refractivity contribution in [1.29, 1.82) is 0 Å². The Morgan fingerprint density at radius 3 is 2.80 bits per heavy atom. The third-order valence-corrected chi connectivity index (χ3v) is 3.53. The minimum Gasteiger partial charge on any atom is -0.495 e. The summed E-state index contributed by atoms with van der Waals surface area (Å²) in [4.78, 5) is 12.2. The molecule has 2 aromatic rings. The number of rotatable bonds is 3. The summed E-state index contributed by atoms with van der Waals surface area (Å²) < 4.78 is 5.91. The third kappa shape index (κ3) is 3.05. The largest absolute Gasteiger partial charge is 0.495 e. The molecule has 0 bridgehead atoms. The van der Waals surface area contributed by atoms with Gasteiger partial charge in [-0.3, -0.25) is 4.79 Å². The molecule has 0 aromatic heterocycles. The summed E-state index contributed by atoms with van der Waals surface area (Å²) in [6.45, 7) is 0. The second-order valence-electron chi connectivity index (χ2n) is 4.00. The molecule has 4 nitrogen and oxygen atoms in total. The van der Waals surface area contributed by atoms with E-state index < -0.39 is 0 Å². The average molecular weight is 356 g/mol. The fraction of sp³-hybridized carbons (Fsp3) is 0.0714. The van der Waals surface area contributed by atoms with Gasteiger partial charge in [0.1, 0.15) is 5.75 Å². The first-order valence-electron chi connectivity index (χ1n) is 5.72. The van der Waals surface area contributed by atoms with Gasteiger partial charge in [0.25, 0.3) is 5.91 Å². The van der Waals surface area contributed by atoms with Crippen molar-refractivity contribution < 1.29 is 9.53 Å². The van der Waals surface area contributed by atoms with Gasteiger partial charge in [0.2, 0.25) is 0 Å². The maximum absolute atomic E-state index is 12.2. The molecule has 1 amide bonds. The molecule has 0 saturated carbocycles. The Morgan fingerprint density at radius 1 is 1.35 bits per heavy atom. The Hall–Kier alpha value is -1.72. The van der Waals surface area contributed by atoms with E-state index in [9.17, 15) is 4.79 Å². The van der Waals surface area contributed by atoms with Gasteiger partial charge in [0.15, 0.2) is 0 Å². The lowest BCUT2D eigenvalue weighted by Crippen LogP contribution is -2.14. The maximum Gasteiger partial charge on any atom is 0.257 e. The highest BCUT2D eigenvalue weighted by atomic mass is 79.9. The summed E-state index contributed by atoms with van der Waals surface area (Å²) in [6.07, 6.45) is 0. The predicted octanol–water partition coefficient (Wildman–Crippen LogP) is 3.95. The number of nitrogens with two attached hydrogens (primary N) is 1. The fourth-order valence-corrected chi connectivity index (χ4v) is 2.23. The van der Waals surface area contributed by atoms with Crippen LogP contribution in [0.25, 0.3) is 0 Å². The molecule has 2 aromatic carbocycles. The third-order valence-electron chi connectivity index (χ3n) is 2.71. The van der Waals surface area contributed by atoms with Crippen LogP contribution in [-0.2, 0) is 0 Å². The van der Waals surface area contributed by atoms with Crippen LogP contribution in [0.3, 0.4) is 0 Å². The Kier molecular flexibility index (Phi) is 4.52. The fourth-order valence-electron chi connectivity index (χ4n) is 1.70. The van der Waals surface area contributed by atoms with Crippen LogP contribution in [0.15, 0.2) is 40.9 Å². The van der Waals surface area contributed by atoms with Gasteiger partial charge in [0, 0.05) is 4.47 Å². The highest BCUT2D eigenvalue weighted by molar-refractivity contribution is 9.10.